The second-order valence-electron chi connectivity index (χ2n) is 6.33. The fraction of sp³-hybridized carbons (Fsp3) is 0.444. The SMILES string of the molecule is CC(NC(=O)C(C)NC(=O)C(C)NC(=O)C(N)Cc1ccccc1)C(=O)O. The molecule has 0 bridgehead atoms. The van der Waals surface area contributed by atoms with Crippen molar-refractivity contribution in [1.29, 1.82) is 0 Å². The van der Waals surface area contributed by atoms with Crippen LogP contribution in [0.3, 0.4) is 0 Å². The summed E-state index contributed by atoms with van der Waals surface area (Å²) in [6.07, 6.45) is 0.326. The molecule has 148 valence electrons. The minimum Gasteiger partial charge on any atom is -0.480 e. The molecule has 6 N–H and O–H groups in total. The van der Waals surface area contributed by atoms with Gasteiger partial charge in [0.15, 0.2) is 0 Å². The zero-order chi connectivity index (χ0) is 20.6. The Morgan fingerprint density at radius 2 is 1.30 bits per heavy atom. The van der Waals surface area contributed by atoms with E-state index >= 15 is 0 Å². The first-order valence-corrected chi connectivity index (χ1v) is 8.55. The van der Waals surface area contributed by atoms with Crippen molar-refractivity contribution in [1.82, 2.24) is 16.0 Å². The molecule has 0 spiro atoms. The second kappa shape index (κ2) is 10.3. The van der Waals surface area contributed by atoms with Gasteiger partial charge in [0.1, 0.15) is 18.1 Å². The largest absolute Gasteiger partial charge is 0.480 e. The third-order valence-corrected chi connectivity index (χ3v) is 3.87. The summed E-state index contributed by atoms with van der Waals surface area (Å²) in [6, 6.07) is 5.47. The first-order valence-electron chi connectivity index (χ1n) is 8.55. The molecule has 4 atom stereocenters. The van der Waals surface area contributed by atoms with Crippen molar-refractivity contribution in [2.24, 2.45) is 5.73 Å². The summed E-state index contributed by atoms with van der Waals surface area (Å²) >= 11 is 0. The lowest BCUT2D eigenvalue weighted by Crippen LogP contribution is -2.55. The zero-order valence-electron chi connectivity index (χ0n) is 15.6. The first-order chi connectivity index (χ1) is 12.6. The molecule has 0 saturated heterocycles. The lowest BCUT2D eigenvalue weighted by Gasteiger charge is -2.20. The number of carboxylic acid groups (broad SMARTS) is 1. The molecule has 0 heterocycles. The Kier molecular flexibility index (Phi) is 8.40. The van der Waals surface area contributed by atoms with Crippen molar-refractivity contribution in [2.75, 3.05) is 0 Å². The van der Waals surface area contributed by atoms with E-state index < -0.39 is 47.9 Å². The van der Waals surface area contributed by atoms with E-state index in [1.807, 2.05) is 30.3 Å². The van der Waals surface area contributed by atoms with E-state index in [9.17, 15) is 19.2 Å². The molecule has 0 aromatic heterocycles. The van der Waals surface area contributed by atoms with E-state index in [-0.39, 0.29) is 0 Å². The first kappa shape index (κ1) is 22.1. The summed E-state index contributed by atoms with van der Waals surface area (Å²) in [5.41, 5.74) is 6.77. The maximum Gasteiger partial charge on any atom is 0.325 e. The molecule has 1 aromatic carbocycles. The van der Waals surface area contributed by atoms with Crippen LogP contribution in [0.5, 0.6) is 0 Å². The van der Waals surface area contributed by atoms with Gasteiger partial charge in [0.25, 0.3) is 0 Å². The fourth-order valence-corrected chi connectivity index (χ4v) is 2.15. The average Bonchev–Trinajstić information content (AvgIpc) is 2.61. The van der Waals surface area contributed by atoms with E-state index in [1.54, 1.807) is 0 Å². The van der Waals surface area contributed by atoms with E-state index in [4.69, 9.17) is 10.8 Å². The Labute approximate surface area is 157 Å². The van der Waals surface area contributed by atoms with Gasteiger partial charge in [-0.1, -0.05) is 30.3 Å². The zero-order valence-corrected chi connectivity index (χ0v) is 15.6. The van der Waals surface area contributed by atoms with Crippen molar-refractivity contribution in [3.8, 4) is 0 Å². The number of nitrogens with two attached hydrogens (primary N) is 1. The van der Waals surface area contributed by atoms with Crippen LogP contribution in [0, 0.1) is 0 Å². The number of hydrogen-bond acceptors (Lipinski definition) is 5. The Hall–Kier alpha value is -2.94. The third-order valence-electron chi connectivity index (χ3n) is 3.87. The van der Waals surface area contributed by atoms with Gasteiger partial charge in [0, 0.05) is 0 Å². The molecule has 0 saturated carbocycles. The smallest absolute Gasteiger partial charge is 0.325 e. The van der Waals surface area contributed by atoms with Crippen molar-refractivity contribution in [2.45, 2.75) is 51.4 Å². The van der Waals surface area contributed by atoms with Gasteiger partial charge < -0.3 is 26.8 Å². The van der Waals surface area contributed by atoms with E-state index in [0.717, 1.165) is 5.56 Å². The summed E-state index contributed by atoms with van der Waals surface area (Å²) in [6.45, 7) is 4.19. The van der Waals surface area contributed by atoms with Gasteiger partial charge in [0.2, 0.25) is 17.7 Å². The van der Waals surface area contributed by atoms with Gasteiger partial charge >= 0.3 is 5.97 Å². The molecular weight excluding hydrogens is 352 g/mol. The van der Waals surface area contributed by atoms with Gasteiger partial charge in [-0.2, -0.15) is 0 Å². The highest BCUT2D eigenvalue weighted by Gasteiger charge is 2.24. The number of benzene rings is 1. The van der Waals surface area contributed by atoms with Crippen LogP contribution in [0.15, 0.2) is 30.3 Å². The molecule has 0 aliphatic heterocycles. The Bertz CT molecular complexity index is 680. The molecule has 1 aromatic rings. The Balaban J connectivity index is 2.49. The van der Waals surface area contributed by atoms with Crippen LogP contribution in [0.2, 0.25) is 0 Å². The topological polar surface area (TPSA) is 151 Å². The van der Waals surface area contributed by atoms with Crippen LogP contribution in [-0.2, 0) is 25.6 Å². The maximum absolute atomic E-state index is 12.1. The molecule has 9 nitrogen and oxygen atoms in total. The van der Waals surface area contributed by atoms with Crippen LogP contribution < -0.4 is 21.7 Å². The molecule has 0 radical (unpaired) electrons. The molecule has 1 rings (SSSR count). The highest BCUT2D eigenvalue weighted by Crippen LogP contribution is 2.02. The van der Waals surface area contributed by atoms with Crippen LogP contribution >= 0.6 is 0 Å². The van der Waals surface area contributed by atoms with Crippen LogP contribution in [0.25, 0.3) is 0 Å². The molecule has 3 amide bonds. The predicted molar refractivity (Wildman–Crippen MR) is 98.6 cm³/mol. The predicted octanol–water partition coefficient (Wildman–Crippen LogP) is -0.845. The average molecular weight is 378 g/mol. The van der Waals surface area contributed by atoms with Gasteiger partial charge in [-0.25, -0.2) is 0 Å². The molecular formula is C18H26N4O5. The molecule has 0 aliphatic rings. The molecule has 4 unspecified atom stereocenters. The molecule has 27 heavy (non-hydrogen) atoms. The second-order valence-corrected chi connectivity index (χ2v) is 6.33. The Morgan fingerprint density at radius 1 is 0.852 bits per heavy atom. The third kappa shape index (κ3) is 7.45. The summed E-state index contributed by atoms with van der Waals surface area (Å²) < 4.78 is 0. The monoisotopic (exact) mass is 378 g/mol. The van der Waals surface area contributed by atoms with Gasteiger partial charge in [-0.05, 0) is 32.8 Å². The van der Waals surface area contributed by atoms with Crippen molar-refractivity contribution in [3.63, 3.8) is 0 Å². The van der Waals surface area contributed by atoms with Gasteiger partial charge in [0.05, 0.1) is 6.04 Å². The lowest BCUT2D eigenvalue weighted by atomic mass is 10.1. The minimum atomic E-state index is -1.19. The summed E-state index contributed by atoms with van der Waals surface area (Å²) in [4.78, 5) is 46.9. The number of hydrogen-bond donors (Lipinski definition) is 5. The number of carboxylic acids is 1. The summed E-state index contributed by atoms with van der Waals surface area (Å²) in [7, 11) is 0. The van der Waals surface area contributed by atoms with Crippen LogP contribution in [0.4, 0.5) is 0 Å². The number of aliphatic carboxylic acids is 1. The molecule has 0 aliphatic carbocycles. The fourth-order valence-electron chi connectivity index (χ4n) is 2.15. The van der Waals surface area contributed by atoms with Crippen molar-refractivity contribution >= 4 is 23.7 Å². The number of carbonyl (C=O) groups is 4. The summed E-state index contributed by atoms with van der Waals surface area (Å²) in [5.74, 6) is -2.90. The van der Waals surface area contributed by atoms with E-state index in [2.05, 4.69) is 16.0 Å². The molecule has 0 fully saturated rings. The number of amides is 3. The minimum absolute atomic E-state index is 0.326. The van der Waals surface area contributed by atoms with Gasteiger partial charge in [-0.15, -0.1) is 0 Å². The van der Waals surface area contributed by atoms with Crippen molar-refractivity contribution < 1.29 is 24.3 Å². The standard InChI is InChI=1S/C18H26N4O5/c1-10(16(24)22-12(3)18(26)27)20-15(23)11(2)21-17(25)14(19)9-13-7-5-4-6-8-13/h4-8,10-12,14H,9,19H2,1-3H3,(H,20,23)(H,21,25)(H,22,24)(H,26,27). The quantitative estimate of drug-likeness (QED) is 0.378. The van der Waals surface area contributed by atoms with E-state index in [1.165, 1.54) is 20.8 Å². The number of nitrogens with one attached hydrogen (secondary N) is 3. The number of rotatable bonds is 9. The van der Waals surface area contributed by atoms with Gasteiger partial charge in [-0.3, -0.25) is 19.2 Å². The van der Waals surface area contributed by atoms with Crippen LogP contribution in [-0.4, -0.2) is 53.0 Å². The lowest BCUT2D eigenvalue weighted by molar-refractivity contribution is -0.141. The summed E-state index contributed by atoms with van der Waals surface area (Å²) in [5, 5.41) is 15.9. The van der Waals surface area contributed by atoms with Crippen molar-refractivity contribution in [3.05, 3.63) is 35.9 Å². The molecule has 9 heteroatoms. The highest BCUT2D eigenvalue weighted by atomic mass is 16.4. The highest BCUT2D eigenvalue weighted by molar-refractivity contribution is 5.93. The van der Waals surface area contributed by atoms with E-state index in [0.29, 0.717) is 6.42 Å². The maximum atomic E-state index is 12.1. The normalized spacial score (nSPS) is 15.0. The number of carbonyl (C=O) groups excluding carboxylic acids is 3. The van der Waals surface area contributed by atoms with Crippen LogP contribution in [0.1, 0.15) is 26.3 Å². The Morgan fingerprint density at radius 3 is 1.78 bits per heavy atom.